The molecule has 78 valence electrons. The molecule has 0 saturated heterocycles. The average Bonchev–Trinajstić information content (AvgIpc) is 2.02. The highest BCUT2D eigenvalue weighted by Gasteiger charge is 2.15. The van der Waals surface area contributed by atoms with E-state index < -0.39 is 9.84 Å². The predicted molar refractivity (Wildman–Crippen MR) is 61.2 cm³/mol. The van der Waals surface area contributed by atoms with Crippen molar-refractivity contribution >= 4 is 25.8 Å². The van der Waals surface area contributed by atoms with Crippen molar-refractivity contribution in [1.29, 1.82) is 0 Å². The van der Waals surface area contributed by atoms with Gasteiger partial charge in [0.25, 0.3) is 0 Å². The summed E-state index contributed by atoms with van der Waals surface area (Å²) in [5, 5.41) is 0. The van der Waals surface area contributed by atoms with Gasteiger partial charge in [0.05, 0.1) is 10.6 Å². The van der Waals surface area contributed by atoms with Crippen LogP contribution in [0.4, 0.5) is 0 Å². The van der Waals surface area contributed by atoms with Gasteiger partial charge in [-0.1, -0.05) is 22.9 Å². The molecule has 0 saturated carbocycles. The summed E-state index contributed by atoms with van der Waals surface area (Å²) in [5.74, 6) is 0.218. The van der Waals surface area contributed by atoms with E-state index in [1.54, 1.807) is 12.1 Å². The fourth-order valence-electron chi connectivity index (χ4n) is 1.34. The van der Waals surface area contributed by atoms with Crippen molar-refractivity contribution in [2.24, 2.45) is 0 Å². The first kappa shape index (κ1) is 11.7. The fourth-order valence-corrected chi connectivity index (χ4v) is 3.40. The number of aryl methyl sites for hydroxylation is 1. The van der Waals surface area contributed by atoms with Crippen LogP contribution in [0.2, 0.25) is 0 Å². The molecule has 0 aliphatic rings. The van der Waals surface area contributed by atoms with Gasteiger partial charge in [-0.15, -0.1) is 0 Å². The molecule has 0 atom stereocenters. The molecule has 0 fully saturated rings. The molecule has 1 aromatic rings. The molecule has 0 spiro atoms. The maximum absolute atomic E-state index is 11.7. The molecule has 4 heteroatoms. The van der Waals surface area contributed by atoms with Gasteiger partial charge in [-0.3, -0.25) is 0 Å². The van der Waals surface area contributed by atoms with Crippen LogP contribution < -0.4 is 0 Å². The highest BCUT2D eigenvalue weighted by molar-refractivity contribution is 9.10. The maximum atomic E-state index is 11.7. The minimum absolute atomic E-state index is 0.218. The molecular weight excluding hydrogens is 264 g/mol. The summed E-state index contributed by atoms with van der Waals surface area (Å²) in [4.78, 5) is 0.447. The van der Waals surface area contributed by atoms with Gasteiger partial charge in [-0.2, -0.15) is 0 Å². The third-order valence-corrected chi connectivity index (χ3v) is 4.51. The Hall–Kier alpha value is -0.350. The Bertz CT molecular complexity index is 424. The van der Waals surface area contributed by atoms with Gasteiger partial charge in [0, 0.05) is 4.47 Å². The standard InChI is InChI=1S/C10H13BrO2S/c1-3-6-14(12,13)10-5-4-9(11)7-8(10)2/h4-5,7H,3,6H2,1-2H3. The van der Waals surface area contributed by atoms with Gasteiger partial charge >= 0.3 is 0 Å². The van der Waals surface area contributed by atoms with Crippen molar-refractivity contribution in [3.63, 3.8) is 0 Å². The number of hydrogen-bond donors (Lipinski definition) is 0. The third kappa shape index (κ3) is 2.58. The summed E-state index contributed by atoms with van der Waals surface area (Å²) < 4.78 is 24.4. The molecule has 1 aromatic carbocycles. The largest absolute Gasteiger partial charge is 0.224 e. The number of benzene rings is 1. The van der Waals surface area contributed by atoms with Crippen LogP contribution in [0.3, 0.4) is 0 Å². The highest BCUT2D eigenvalue weighted by Crippen LogP contribution is 2.21. The Morgan fingerprint density at radius 2 is 2.00 bits per heavy atom. The monoisotopic (exact) mass is 276 g/mol. The summed E-state index contributed by atoms with van der Waals surface area (Å²) in [6, 6.07) is 5.24. The van der Waals surface area contributed by atoms with E-state index in [1.165, 1.54) is 0 Å². The first-order valence-electron chi connectivity index (χ1n) is 4.46. The summed E-state index contributed by atoms with van der Waals surface area (Å²) in [6.45, 7) is 3.68. The Morgan fingerprint density at radius 1 is 1.36 bits per heavy atom. The number of halogens is 1. The summed E-state index contributed by atoms with van der Waals surface area (Å²) in [5.41, 5.74) is 0.799. The molecule has 0 N–H and O–H groups in total. The van der Waals surface area contributed by atoms with Crippen LogP contribution in [0.5, 0.6) is 0 Å². The molecule has 0 aliphatic carbocycles. The molecule has 0 aromatic heterocycles. The second-order valence-corrected chi connectivity index (χ2v) is 6.22. The average molecular weight is 277 g/mol. The lowest BCUT2D eigenvalue weighted by Gasteiger charge is -2.06. The van der Waals surface area contributed by atoms with Crippen LogP contribution >= 0.6 is 15.9 Å². The van der Waals surface area contributed by atoms with Gasteiger partial charge in [-0.05, 0) is 37.1 Å². The Balaban J connectivity index is 3.20. The predicted octanol–water partition coefficient (Wildman–Crippen LogP) is 2.94. The van der Waals surface area contributed by atoms with Crippen LogP contribution in [0, 0.1) is 6.92 Å². The molecule has 0 unspecified atom stereocenters. The Morgan fingerprint density at radius 3 is 2.50 bits per heavy atom. The zero-order valence-electron chi connectivity index (χ0n) is 8.25. The molecule has 0 aliphatic heterocycles. The second-order valence-electron chi connectivity index (χ2n) is 3.23. The summed E-state index contributed by atoms with van der Waals surface area (Å²) in [6.07, 6.45) is 0.651. The van der Waals surface area contributed by atoms with Crippen molar-refractivity contribution in [3.05, 3.63) is 28.2 Å². The minimum atomic E-state index is -3.08. The van der Waals surface area contributed by atoms with Crippen LogP contribution in [-0.4, -0.2) is 14.2 Å². The zero-order valence-corrected chi connectivity index (χ0v) is 10.7. The van der Waals surface area contributed by atoms with Gasteiger partial charge < -0.3 is 0 Å². The van der Waals surface area contributed by atoms with Crippen molar-refractivity contribution < 1.29 is 8.42 Å². The smallest absolute Gasteiger partial charge is 0.178 e. The zero-order chi connectivity index (χ0) is 10.8. The van der Waals surface area contributed by atoms with E-state index in [2.05, 4.69) is 15.9 Å². The Kier molecular flexibility index (Phi) is 3.72. The van der Waals surface area contributed by atoms with Gasteiger partial charge in [0.1, 0.15) is 0 Å². The molecule has 0 bridgehead atoms. The molecular formula is C10H13BrO2S. The van der Waals surface area contributed by atoms with E-state index in [-0.39, 0.29) is 5.75 Å². The van der Waals surface area contributed by atoms with Crippen molar-refractivity contribution in [2.75, 3.05) is 5.75 Å². The first-order valence-corrected chi connectivity index (χ1v) is 6.91. The van der Waals surface area contributed by atoms with Crippen molar-refractivity contribution in [1.82, 2.24) is 0 Å². The van der Waals surface area contributed by atoms with Gasteiger partial charge in [-0.25, -0.2) is 8.42 Å². The fraction of sp³-hybridized carbons (Fsp3) is 0.400. The van der Waals surface area contributed by atoms with E-state index in [1.807, 2.05) is 19.9 Å². The van der Waals surface area contributed by atoms with E-state index in [0.29, 0.717) is 11.3 Å². The molecule has 0 heterocycles. The molecule has 1 rings (SSSR count). The molecule has 0 amide bonds. The van der Waals surface area contributed by atoms with Crippen LogP contribution in [0.15, 0.2) is 27.6 Å². The lowest BCUT2D eigenvalue weighted by molar-refractivity contribution is 0.594. The quantitative estimate of drug-likeness (QED) is 0.851. The first-order chi connectivity index (χ1) is 6.47. The topological polar surface area (TPSA) is 34.1 Å². The number of hydrogen-bond acceptors (Lipinski definition) is 2. The van der Waals surface area contributed by atoms with E-state index in [4.69, 9.17) is 0 Å². The number of sulfone groups is 1. The van der Waals surface area contributed by atoms with Gasteiger partial charge in [0.15, 0.2) is 9.84 Å². The maximum Gasteiger partial charge on any atom is 0.178 e. The van der Waals surface area contributed by atoms with E-state index in [0.717, 1.165) is 10.0 Å². The van der Waals surface area contributed by atoms with Gasteiger partial charge in [0.2, 0.25) is 0 Å². The molecule has 14 heavy (non-hydrogen) atoms. The normalized spacial score (nSPS) is 11.6. The van der Waals surface area contributed by atoms with E-state index >= 15 is 0 Å². The number of rotatable bonds is 3. The van der Waals surface area contributed by atoms with E-state index in [9.17, 15) is 8.42 Å². The third-order valence-electron chi connectivity index (χ3n) is 1.94. The Labute approximate surface area is 93.4 Å². The van der Waals surface area contributed by atoms with Crippen molar-refractivity contribution in [3.8, 4) is 0 Å². The summed E-state index contributed by atoms with van der Waals surface area (Å²) in [7, 11) is -3.08. The molecule has 2 nitrogen and oxygen atoms in total. The second kappa shape index (κ2) is 4.45. The van der Waals surface area contributed by atoms with Crippen LogP contribution in [0.25, 0.3) is 0 Å². The lowest BCUT2D eigenvalue weighted by Crippen LogP contribution is -2.07. The minimum Gasteiger partial charge on any atom is -0.224 e. The van der Waals surface area contributed by atoms with Crippen LogP contribution in [0.1, 0.15) is 18.9 Å². The molecule has 0 radical (unpaired) electrons. The highest BCUT2D eigenvalue weighted by atomic mass is 79.9. The summed E-state index contributed by atoms with van der Waals surface area (Å²) >= 11 is 3.31. The lowest BCUT2D eigenvalue weighted by atomic mass is 10.2. The van der Waals surface area contributed by atoms with Crippen LogP contribution in [-0.2, 0) is 9.84 Å². The van der Waals surface area contributed by atoms with Crippen molar-refractivity contribution in [2.45, 2.75) is 25.2 Å². The SMILES string of the molecule is CCCS(=O)(=O)c1ccc(Br)cc1C.